The van der Waals surface area contributed by atoms with E-state index in [0.717, 1.165) is 17.7 Å². The fraction of sp³-hybridized carbons (Fsp3) is 0.391. The second-order valence-electron chi connectivity index (χ2n) is 7.61. The summed E-state index contributed by atoms with van der Waals surface area (Å²) >= 11 is 0. The van der Waals surface area contributed by atoms with Crippen LogP contribution in [0.4, 0.5) is 18.9 Å². The molecular weight excluding hydrogens is 425 g/mol. The molecule has 0 aliphatic rings. The van der Waals surface area contributed by atoms with E-state index in [9.17, 15) is 22.8 Å². The molecule has 2 aromatic carbocycles. The summed E-state index contributed by atoms with van der Waals surface area (Å²) in [5, 5.41) is 11.7. The first-order valence-electron chi connectivity index (χ1n) is 10.1. The van der Waals surface area contributed by atoms with Crippen LogP contribution in [0.2, 0.25) is 0 Å². The van der Waals surface area contributed by atoms with Crippen molar-refractivity contribution >= 4 is 18.0 Å². The first-order chi connectivity index (χ1) is 15.1. The number of hydrogen-bond donors (Lipinski definition) is 2. The van der Waals surface area contributed by atoms with Crippen molar-refractivity contribution in [1.82, 2.24) is 4.90 Å². The number of para-hydroxylation sites is 1. The fourth-order valence-electron chi connectivity index (χ4n) is 3.13. The molecule has 0 aliphatic heterocycles. The van der Waals surface area contributed by atoms with E-state index in [1.807, 2.05) is 19.9 Å². The third-order valence-corrected chi connectivity index (χ3v) is 4.73. The minimum atomic E-state index is -4.42. The van der Waals surface area contributed by atoms with Gasteiger partial charge in [0.15, 0.2) is 0 Å². The van der Waals surface area contributed by atoms with Crippen molar-refractivity contribution in [3.63, 3.8) is 0 Å². The summed E-state index contributed by atoms with van der Waals surface area (Å²) in [5.74, 6) is 0.0744. The number of halogens is 3. The molecule has 0 bridgehead atoms. The van der Waals surface area contributed by atoms with Crippen LogP contribution >= 0.6 is 0 Å². The maximum absolute atomic E-state index is 12.7. The number of nitrogens with zero attached hydrogens (tertiary/aromatic N) is 1. The van der Waals surface area contributed by atoms with Crippen LogP contribution in [0.5, 0.6) is 5.75 Å². The zero-order valence-electron chi connectivity index (χ0n) is 18.0. The maximum Gasteiger partial charge on any atom is 0.416 e. The zero-order chi connectivity index (χ0) is 23.7. The van der Waals surface area contributed by atoms with Crippen molar-refractivity contribution in [3.8, 4) is 5.75 Å². The van der Waals surface area contributed by atoms with Crippen LogP contribution in [0, 0.1) is 12.8 Å². The lowest BCUT2D eigenvalue weighted by Crippen LogP contribution is -2.32. The second kappa shape index (κ2) is 11.5. The Balaban J connectivity index is 2.01. The molecule has 0 unspecified atom stereocenters. The molecule has 2 amide bonds. The molecule has 0 heterocycles. The molecule has 0 aliphatic carbocycles. The predicted octanol–water partition coefficient (Wildman–Crippen LogP) is 3.66. The Hall–Kier alpha value is -3.07. The summed E-state index contributed by atoms with van der Waals surface area (Å²) in [6.45, 7) is 4.53. The Morgan fingerprint density at radius 3 is 2.50 bits per heavy atom. The van der Waals surface area contributed by atoms with Crippen LogP contribution in [-0.4, -0.2) is 48.6 Å². The number of aryl methyl sites for hydroxylation is 1. The van der Waals surface area contributed by atoms with Gasteiger partial charge in [0.25, 0.3) is 0 Å². The van der Waals surface area contributed by atoms with Gasteiger partial charge in [-0.15, -0.1) is 0 Å². The normalized spacial score (nSPS) is 12.2. The molecule has 1 atom stereocenters. The van der Waals surface area contributed by atoms with E-state index >= 15 is 0 Å². The number of benzene rings is 2. The van der Waals surface area contributed by atoms with Crippen molar-refractivity contribution in [3.05, 3.63) is 59.2 Å². The second-order valence-corrected chi connectivity index (χ2v) is 7.61. The number of carbonyl (C=O) groups excluding carboxylic acids is 2. The number of carbonyl (C=O) groups is 2. The van der Waals surface area contributed by atoms with Gasteiger partial charge in [0.2, 0.25) is 12.3 Å². The summed E-state index contributed by atoms with van der Waals surface area (Å²) in [5.41, 5.74) is 0.943. The summed E-state index contributed by atoms with van der Waals surface area (Å²) in [7, 11) is 0. The highest BCUT2D eigenvalue weighted by Gasteiger charge is 2.30. The third-order valence-electron chi connectivity index (χ3n) is 4.73. The van der Waals surface area contributed by atoms with Crippen molar-refractivity contribution in [2.45, 2.75) is 26.4 Å². The van der Waals surface area contributed by atoms with Gasteiger partial charge >= 0.3 is 6.18 Å². The number of aliphatic hydroxyl groups is 1. The molecule has 6 nitrogen and oxygen atoms in total. The van der Waals surface area contributed by atoms with Gasteiger partial charge in [-0.25, -0.2) is 0 Å². The number of hydrogen-bond acceptors (Lipinski definition) is 4. The monoisotopic (exact) mass is 452 g/mol. The summed E-state index contributed by atoms with van der Waals surface area (Å²) in [6.07, 6.45) is -3.84. The van der Waals surface area contributed by atoms with E-state index in [-0.39, 0.29) is 38.0 Å². The summed E-state index contributed by atoms with van der Waals surface area (Å²) < 4.78 is 44.0. The van der Waals surface area contributed by atoms with E-state index in [1.54, 1.807) is 12.1 Å². The van der Waals surface area contributed by atoms with Crippen molar-refractivity contribution < 1.29 is 32.6 Å². The summed E-state index contributed by atoms with van der Waals surface area (Å²) in [6, 6.07) is 9.73. The maximum atomic E-state index is 12.7. The molecule has 0 radical (unpaired) electrons. The van der Waals surface area contributed by atoms with Gasteiger partial charge in [0.1, 0.15) is 5.75 Å². The topological polar surface area (TPSA) is 78.9 Å². The number of ether oxygens (including phenoxy) is 1. The Morgan fingerprint density at radius 2 is 1.91 bits per heavy atom. The van der Waals surface area contributed by atoms with E-state index < -0.39 is 11.7 Å². The Morgan fingerprint density at radius 1 is 1.22 bits per heavy atom. The van der Waals surface area contributed by atoms with Crippen LogP contribution in [0.15, 0.2) is 42.5 Å². The van der Waals surface area contributed by atoms with Crippen LogP contribution < -0.4 is 10.1 Å². The van der Waals surface area contributed by atoms with Crippen molar-refractivity contribution in [2.24, 2.45) is 5.92 Å². The Kier molecular flexibility index (Phi) is 9.07. The first kappa shape index (κ1) is 25.2. The molecule has 0 saturated carbocycles. The summed E-state index contributed by atoms with van der Waals surface area (Å²) in [4.78, 5) is 24.9. The van der Waals surface area contributed by atoms with E-state index in [4.69, 9.17) is 9.84 Å². The van der Waals surface area contributed by atoms with Gasteiger partial charge < -0.3 is 20.1 Å². The predicted molar refractivity (Wildman–Crippen MR) is 114 cm³/mol. The number of alkyl halides is 3. The highest BCUT2D eigenvalue weighted by atomic mass is 19.4. The van der Waals surface area contributed by atoms with Gasteiger partial charge in [0, 0.05) is 19.0 Å². The number of anilines is 1. The van der Waals surface area contributed by atoms with Gasteiger partial charge in [-0.2, -0.15) is 13.2 Å². The standard InChI is InChI=1S/C23H27F3N2O4/c1-16(13-28(15-30)10-11-29)14-32-22-17(2)4-3-5-20(22)27-21(31)12-18-6-8-19(9-7-18)23(24,25)26/h3-9,15-16,29H,10-14H2,1-2H3,(H,27,31)/t16-/m1/s1. The molecule has 174 valence electrons. The Labute approximate surface area is 185 Å². The van der Waals surface area contributed by atoms with E-state index in [1.165, 1.54) is 17.0 Å². The van der Waals surface area contributed by atoms with Gasteiger partial charge in [-0.1, -0.05) is 31.2 Å². The van der Waals surface area contributed by atoms with Gasteiger partial charge in [-0.05, 0) is 36.2 Å². The molecule has 9 heteroatoms. The van der Waals surface area contributed by atoms with Crippen LogP contribution in [-0.2, 0) is 22.2 Å². The molecular formula is C23H27F3N2O4. The molecule has 0 spiro atoms. The number of amides is 2. The molecule has 2 aromatic rings. The number of nitrogens with one attached hydrogen (secondary N) is 1. The lowest BCUT2D eigenvalue weighted by atomic mass is 10.1. The highest BCUT2D eigenvalue weighted by Crippen LogP contribution is 2.30. The van der Waals surface area contributed by atoms with E-state index in [0.29, 0.717) is 30.0 Å². The lowest BCUT2D eigenvalue weighted by Gasteiger charge is -2.22. The third kappa shape index (κ3) is 7.56. The average Bonchev–Trinajstić information content (AvgIpc) is 2.72. The van der Waals surface area contributed by atoms with Crippen LogP contribution in [0.25, 0.3) is 0 Å². The van der Waals surface area contributed by atoms with Gasteiger partial charge in [0.05, 0.1) is 30.9 Å². The minimum Gasteiger partial charge on any atom is -0.491 e. The fourth-order valence-corrected chi connectivity index (χ4v) is 3.13. The highest BCUT2D eigenvalue weighted by molar-refractivity contribution is 5.94. The lowest BCUT2D eigenvalue weighted by molar-refractivity contribution is -0.137. The minimum absolute atomic E-state index is 0.0259. The number of rotatable bonds is 11. The smallest absolute Gasteiger partial charge is 0.416 e. The first-order valence-corrected chi connectivity index (χ1v) is 10.1. The zero-order valence-corrected chi connectivity index (χ0v) is 18.0. The molecule has 0 fully saturated rings. The average molecular weight is 452 g/mol. The van der Waals surface area contributed by atoms with Crippen LogP contribution in [0.1, 0.15) is 23.6 Å². The molecule has 2 rings (SSSR count). The SMILES string of the molecule is Cc1cccc(NC(=O)Cc2ccc(C(F)(F)F)cc2)c1OC[C@H](C)CN(C=O)CCO. The number of aliphatic hydroxyl groups excluding tert-OH is 1. The molecule has 0 aromatic heterocycles. The quantitative estimate of drug-likeness (QED) is 0.510. The largest absolute Gasteiger partial charge is 0.491 e. The Bertz CT molecular complexity index is 901. The molecule has 32 heavy (non-hydrogen) atoms. The van der Waals surface area contributed by atoms with E-state index in [2.05, 4.69) is 5.32 Å². The van der Waals surface area contributed by atoms with Gasteiger partial charge in [-0.3, -0.25) is 9.59 Å². The van der Waals surface area contributed by atoms with Crippen molar-refractivity contribution in [2.75, 3.05) is 31.6 Å². The molecule has 2 N–H and O–H groups in total. The molecule has 0 saturated heterocycles. The van der Waals surface area contributed by atoms with Crippen molar-refractivity contribution in [1.29, 1.82) is 0 Å². The van der Waals surface area contributed by atoms with Crippen LogP contribution in [0.3, 0.4) is 0 Å².